The van der Waals surface area contributed by atoms with Gasteiger partial charge in [0.15, 0.2) is 0 Å². The van der Waals surface area contributed by atoms with E-state index in [9.17, 15) is 0 Å². The molecule has 19 heavy (non-hydrogen) atoms. The first kappa shape index (κ1) is 13.8. The van der Waals surface area contributed by atoms with Crippen molar-refractivity contribution in [3.8, 4) is 5.69 Å². The number of nitrogens with one attached hydrogen (secondary N) is 1. The van der Waals surface area contributed by atoms with E-state index in [0.29, 0.717) is 12.0 Å². The molecule has 102 valence electrons. The first-order chi connectivity index (χ1) is 9.20. The second kappa shape index (κ2) is 6.53. The van der Waals surface area contributed by atoms with E-state index in [2.05, 4.69) is 55.3 Å². The highest BCUT2D eigenvalue weighted by molar-refractivity contribution is 5.34. The third-order valence-corrected chi connectivity index (χ3v) is 3.86. The molecule has 1 heterocycles. The normalized spacial score (nSPS) is 14.3. The Morgan fingerprint density at radius 2 is 1.95 bits per heavy atom. The molecule has 1 N–H and O–H groups in total. The summed E-state index contributed by atoms with van der Waals surface area (Å²) in [6.45, 7) is 7.71. The average molecular weight is 257 g/mol. The van der Waals surface area contributed by atoms with Crippen molar-refractivity contribution >= 4 is 0 Å². The highest BCUT2D eigenvalue weighted by atomic mass is 15.0. The molecule has 2 atom stereocenters. The Bertz CT molecular complexity index is 473. The summed E-state index contributed by atoms with van der Waals surface area (Å²) in [5, 5.41) is 3.58. The van der Waals surface area contributed by atoms with Gasteiger partial charge in [-0.15, -0.1) is 0 Å². The van der Waals surface area contributed by atoms with E-state index in [4.69, 9.17) is 0 Å². The Morgan fingerprint density at radius 3 is 2.53 bits per heavy atom. The van der Waals surface area contributed by atoms with Crippen LogP contribution in [0.3, 0.4) is 0 Å². The lowest BCUT2D eigenvalue weighted by atomic mass is 10.0. The SMILES string of the molecule is CCC(C)C(C)NCc1ccc(-n2ccnc2)cc1. The zero-order chi connectivity index (χ0) is 13.7. The zero-order valence-electron chi connectivity index (χ0n) is 12.0. The summed E-state index contributed by atoms with van der Waals surface area (Å²) in [5.74, 6) is 0.713. The van der Waals surface area contributed by atoms with Gasteiger partial charge >= 0.3 is 0 Å². The van der Waals surface area contributed by atoms with Gasteiger partial charge in [0.1, 0.15) is 0 Å². The van der Waals surface area contributed by atoms with Crippen molar-refractivity contribution in [2.75, 3.05) is 0 Å². The van der Waals surface area contributed by atoms with Gasteiger partial charge in [-0.25, -0.2) is 4.98 Å². The molecular formula is C16H23N3. The molecule has 0 spiro atoms. The lowest BCUT2D eigenvalue weighted by Gasteiger charge is -2.20. The van der Waals surface area contributed by atoms with Crippen LogP contribution in [-0.2, 0) is 6.54 Å². The lowest BCUT2D eigenvalue weighted by molar-refractivity contribution is 0.389. The molecule has 0 saturated carbocycles. The van der Waals surface area contributed by atoms with Gasteiger partial charge in [-0.2, -0.15) is 0 Å². The highest BCUT2D eigenvalue weighted by Crippen LogP contribution is 2.11. The number of imidazole rings is 1. The van der Waals surface area contributed by atoms with Gasteiger partial charge in [0.25, 0.3) is 0 Å². The minimum absolute atomic E-state index is 0.554. The molecule has 0 aliphatic rings. The third kappa shape index (κ3) is 3.67. The van der Waals surface area contributed by atoms with Gasteiger partial charge in [-0.3, -0.25) is 0 Å². The Morgan fingerprint density at radius 1 is 1.21 bits per heavy atom. The standard InChI is InChI=1S/C16H23N3/c1-4-13(2)14(3)18-11-15-5-7-16(8-6-15)19-10-9-17-12-19/h5-10,12-14,18H,4,11H2,1-3H3. The van der Waals surface area contributed by atoms with E-state index in [-0.39, 0.29) is 0 Å². The van der Waals surface area contributed by atoms with Gasteiger partial charge in [0.2, 0.25) is 0 Å². The number of aromatic nitrogens is 2. The van der Waals surface area contributed by atoms with Gasteiger partial charge in [-0.1, -0.05) is 32.4 Å². The number of hydrogen-bond acceptors (Lipinski definition) is 2. The van der Waals surface area contributed by atoms with Crippen LogP contribution < -0.4 is 5.32 Å². The van der Waals surface area contributed by atoms with Crippen molar-refractivity contribution < 1.29 is 0 Å². The van der Waals surface area contributed by atoms with Crippen molar-refractivity contribution in [1.82, 2.24) is 14.9 Å². The predicted octanol–water partition coefficient (Wildman–Crippen LogP) is 3.40. The summed E-state index contributed by atoms with van der Waals surface area (Å²) in [6, 6.07) is 9.16. The number of hydrogen-bond donors (Lipinski definition) is 1. The van der Waals surface area contributed by atoms with Gasteiger partial charge < -0.3 is 9.88 Å². The summed E-state index contributed by atoms with van der Waals surface area (Å²) < 4.78 is 2.01. The molecule has 1 aromatic carbocycles. The summed E-state index contributed by atoms with van der Waals surface area (Å²) in [6.07, 6.45) is 6.79. The van der Waals surface area contributed by atoms with Gasteiger partial charge in [0.05, 0.1) is 6.33 Å². The average Bonchev–Trinajstić information content (AvgIpc) is 2.98. The third-order valence-electron chi connectivity index (χ3n) is 3.86. The molecule has 0 fully saturated rings. The fraction of sp³-hybridized carbons (Fsp3) is 0.438. The molecule has 3 nitrogen and oxygen atoms in total. The number of nitrogens with zero attached hydrogens (tertiary/aromatic N) is 2. The van der Waals surface area contributed by atoms with Crippen LogP contribution in [0.2, 0.25) is 0 Å². The minimum Gasteiger partial charge on any atom is -0.310 e. The summed E-state index contributed by atoms with van der Waals surface area (Å²) in [7, 11) is 0. The highest BCUT2D eigenvalue weighted by Gasteiger charge is 2.08. The van der Waals surface area contributed by atoms with E-state index in [1.807, 2.05) is 17.1 Å². The van der Waals surface area contributed by atoms with Crippen LogP contribution in [0.5, 0.6) is 0 Å². The Kier molecular flexibility index (Phi) is 4.74. The molecule has 1 aromatic heterocycles. The molecule has 0 amide bonds. The number of benzene rings is 1. The van der Waals surface area contributed by atoms with E-state index in [0.717, 1.165) is 12.2 Å². The smallest absolute Gasteiger partial charge is 0.0991 e. The topological polar surface area (TPSA) is 29.9 Å². The van der Waals surface area contributed by atoms with Gasteiger partial charge in [0, 0.05) is 30.7 Å². The number of rotatable bonds is 6. The Hall–Kier alpha value is -1.61. The first-order valence-electron chi connectivity index (χ1n) is 7.01. The van der Waals surface area contributed by atoms with E-state index < -0.39 is 0 Å². The predicted molar refractivity (Wildman–Crippen MR) is 79.3 cm³/mol. The largest absolute Gasteiger partial charge is 0.310 e. The maximum atomic E-state index is 4.06. The van der Waals surface area contributed by atoms with Crippen LogP contribution in [0, 0.1) is 5.92 Å². The Balaban J connectivity index is 1.92. The summed E-state index contributed by atoms with van der Waals surface area (Å²) in [4.78, 5) is 4.06. The summed E-state index contributed by atoms with van der Waals surface area (Å²) in [5.41, 5.74) is 2.47. The van der Waals surface area contributed by atoms with Crippen molar-refractivity contribution in [1.29, 1.82) is 0 Å². The quantitative estimate of drug-likeness (QED) is 0.859. The molecule has 2 rings (SSSR count). The monoisotopic (exact) mass is 257 g/mol. The van der Waals surface area contributed by atoms with Crippen LogP contribution in [0.25, 0.3) is 5.69 Å². The van der Waals surface area contributed by atoms with Crippen molar-refractivity contribution in [2.24, 2.45) is 5.92 Å². The van der Waals surface area contributed by atoms with Crippen LogP contribution in [0.1, 0.15) is 32.8 Å². The Labute approximate surface area is 115 Å². The zero-order valence-corrected chi connectivity index (χ0v) is 12.0. The molecule has 0 aliphatic heterocycles. The lowest BCUT2D eigenvalue weighted by Crippen LogP contribution is -2.31. The molecule has 0 saturated heterocycles. The second-order valence-electron chi connectivity index (χ2n) is 5.19. The minimum atomic E-state index is 0.554. The fourth-order valence-corrected chi connectivity index (χ4v) is 2.03. The van der Waals surface area contributed by atoms with Crippen molar-refractivity contribution in [3.63, 3.8) is 0 Å². The molecule has 3 heteroatoms. The van der Waals surface area contributed by atoms with Crippen LogP contribution in [0.4, 0.5) is 0 Å². The van der Waals surface area contributed by atoms with E-state index in [1.165, 1.54) is 12.0 Å². The molecule has 0 aliphatic carbocycles. The second-order valence-corrected chi connectivity index (χ2v) is 5.19. The molecule has 2 aromatic rings. The van der Waals surface area contributed by atoms with Gasteiger partial charge in [-0.05, 0) is 30.5 Å². The summed E-state index contributed by atoms with van der Waals surface area (Å²) >= 11 is 0. The molecule has 0 radical (unpaired) electrons. The van der Waals surface area contributed by atoms with Crippen molar-refractivity contribution in [2.45, 2.75) is 39.8 Å². The maximum absolute atomic E-state index is 4.06. The molecular weight excluding hydrogens is 234 g/mol. The maximum Gasteiger partial charge on any atom is 0.0991 e. The van der Waals surface area contributed by atoms with Crippen LogP contribution >= 0.6 is 0 Å². The van der Waals surface area contributed by atoms with Crippen molar-refractivity contribution in [3.05, 3.63) is 48.5 Å². The van der Waals surface area contributed by atoms with Crippen LogP contribution in [0.15, 0.2) is 43.0 Å². The van der Waals surface area contributed by atoms with E-state index >= 15 is 0 Å². The van der Waals surface area contributed by atoms with E-state index in [1.54, 1.807) is 6.20 Å². The fourth-order valence-electron chi connectivity index (χ4n) is 2.03. The molecule has 0 bridgehead atoms. The molecule has 2 unspecified atom stereocenters. The van der Waals surface area contributed by atoms with Crippen LogP contribution in [-0.4, -0.2) is 15.6 Å². The first-order valence-corrected chi connectivity index (χ1v) is 7.01.